The van der Waals surface area contributed by atoms with Crippen molar-refractivity contribution in [3.8, 4) is 17.0 Å². The number of benzene rings is 1. The van der Waals surface area contributed by atoms with Gasteiger partial charge in [0.1, 0.15) is 5.75 Å². The van der Waals surface area contributed by atoms with E-state index in [0.29, 0.717) is 5.75 Å². The molecule has 0 saturated heterocycles. The van der Waals surface area contributed by atoms with E-state index in [1.165, 1.54) is 63.0 Å². The van der Waals surface area contributed by atoms with Gasteiger partial charge in [0.05, 0.1) is 11.9 Å². The van der Waals surface area contributed by atoms with Crippen LogP contribution in [0, 0.1) is 0 Å². The number of pyridine rings is 1. The van der Waals surface area contributed by atoms with E-state index in [1.54, 1.807) is 12.3 Å². The molecule has 0 N–H and O–H groups in total. The van der Waals surface area contributed by atoms with E-state index in [0.717, 1.165) is 56.6 Å². The Balaban J connectivity index is 1.66. The zero-order valence-electron chi connectivity index (χ0n) is 22.0. The predicted octanol–water partition coefficient (Wildman–Crippen LogP) is 8.49. The maximum Gasteiger partial charge on any atom is 0.335 e. The summed E-state index contributed by atoms with van der Waals surface area (Å²) >= 11 is 0. The first-order valence-electron chi connectivity index (χ1n) is 13.7. The van der Waals surface area contributed by atoms with E-state index in [1.807, 2.05) is 12.1 Å². The summed E-state index contributed by atoms with van der Waals surface area (Å²) in [6, 6.07) is 12.3. The molecule has 4 heteroatoms. The highest BCUT2D eigenvalue weighted by Crippen LogP contribution is 2.21. The van der Waals surface area contributed by atoms with Crippen molar-refractivity contribution in [2.75, 3.05) is 13.2 Å². The molecule has 0 spiro atoms. The minimum absolute atomic E-state index is 0.344. The SMILES string of the molecule is CCCCCCCCC/C=C/C(=O)Oc1ccc(-c2ccc(CCCCCOCCC)cc2)nc1. The van der Waals surface area contributed by atoms with Crippen molar-refractivity contribution < 1.29 is 14.3 Å². The molecule has 2 aromatic rings. The van der Waals surface area contributed by atoms with E-state index in [2.05, 4.69) is 43.1 Å². The van der Waals surface area contributed by atoms with E-state index >= 15 is 0 Å². The molecular weight excluding hydrogens is 434 g/mol. The Morgan fingerprint density at radius 3 is 2.26 bits per heavy atom. The summed E-state index contributed by atoms with van der Waals surface area (Å²) in [5.41, 5.74) is 3.28. The third-order valence-corrected chi connectivity index (χ3v) is 6.04. The van der Waals surface area contributed by atoms with Gasteiger partial charge in [-0.3, -0.25) is 4.98 Å². The minimum Gasteiger partial charge on any atom is -0.422 e. The van der Waals surface area contributed by atoms with E-state index < -0.39 is 0 Å². The maximum absolute atomic E-state index is 12.0. The summed E-state index contributed by atoms with van der Waals surface area (Å²) < 4.78 is 10.9. The quantitative estimate of drug-likeness (QED) is 0.115. The highest BCUT2D eigenvalue weighted by Gasteiger charge is 2.04. The normalized spacial score (nSPS) is 11.3. The first-order chi connectivity index (χ1) is 17.2. The summed E-state index contributed by atoms with van der Waals surface area (Å²) in [6.45, 7) is 6.12. The van der Waals surface area contributed by atoms with Crippen molar-refractivity contribution in [3.05, 3.63) is 60.3 Å². The van der Waals surface area contributed by atoms with Crippen molar-refractivity contribution in [2.45, 2.75) is 97.3 Å². The summed E-state index contributed by atoms with van der Waals surface area (Å²) in [6.07, 6.45) is 20.6. The Kier molecular flexibility index (Phi) is 15.5. The molecule has 0 atom stereocenters. The maximum atomic E-state index is 12.0. The van der Waals surface area contributed by atoms with Crippen molar-refractivity contribution in [1.82, 2.24) is 4.98 Å². The van der Waals surface area contributed by atoms with Crippen LogP contribution in [-0.2, 0) is 16.0 Å². The topological polar surface area (TPSA) is 48.4 Å². The lowest BCUT2D eigenvalue weighted by atomic mass is 10.0. The van der Waals surface area contributed by atoms with Crippen LogP contribution >= 0.6 is 0 Å². The van der Waals surface area contributed by atoms with Gasteiger partial charge in [-0.15, -0.1) is 0 Å². The van der Waals surface area contributed by atoms with Gasteiger partial charge < -0.3 is 9.47 Å². The van der Waals surface area contributed by atoms with Crippen LogP contribution in [0.25, 0.3) is 11.3 Å². The first-order valence-corrected chi connectivity index (χ1v) is 13.7. The number of allylic oxidation sites excluding steroid dienone is 1. The third kappa shape index (κ3) is 13.3. The van der Waals surface area contributed by atoms with Gasteiger partial charge in [-0.1, -0.05) is 89.1 Å². The summed E-state index contributed by atoms with van der Waals surface area (Å²) in [4.78, 5) is 16.5. The molecule has 2 rings (SSSR count). The smallest absolute Gasteiger partial charge is 0.335 e. The number of hydrogen-bond donors (Lipinski definition) is 0. The summed E-state index contributed by atoms with van der Waals surface area (Å²) in [5.74, 6) is 0.127. The zero-order chi connectivity index (χ0) is 25.0. The molecule has 0 radical (unpaired) electrons. The number of unbranched alkanes of at least 4 members (excludes halogenated alkanes) is 9. The van der Waals surface area contributed by atoms with Crippen LogP contribution in [0.4, 0.5) is 0 Å². The van der Waals surface area contributed by atoms with Crippen molar-refractivity contribution in [3.63, 3.8) is 0 Å². The molecule has 0 saturated carbocycles. The Hall–Kier alpha value is -2.46. The molecule has 0 amide bonds. The van der Waals surface area contributed by atoms with Gasteiger partial charge in [0.15, 0.2) is 0 Å². The Labute approximate surface area is 213 Å². The Morgan fingerprint density at radius 1 is 0.800 bits per heavy atom. The highest BCUT2D eigenvalue weighted by atomic mass is 16.5. The second-order valence-corrected chi connectivity index (χ2v) is 9.23. The van der Waals surface area contributed by atoms with Gasteiger partial charge in [-0.2, -0.15) is 0 Å². The largest absolute Gasteiger partial charge is 0.422 e. The number of rotatable bonds is 19. The van der Waals surface area contributed by atoms with Crippen LogP contribution in [0.3, 0.4) is 0 Å². The molecule has 1 heterocycles. The molecule has 1 aromatic carbocycles. The molecule has 0 aliphatic heterocycles. The molecular formula is C31H45NO3. The minimum atomic E-state index is -0.344. The van der Waals surface area contributed by atoms with Crippen molar-refractivity contribution in [1.29, 1.82) is 0 Å². The number of carbonyl (C=O) groups is 1. The van der Waals surface area contributed by atoms with Gasteiger partial charge in [0.2, 0.25) is 0 Å². The molecule has 35 heavy (non-hydrogen) atoms. The molecule has 0 aliphatic carbocycles. The monoisotopic (exact) mass is 479 g/mol. The van der Waals surface area contributed by atoms with E-state index in [9.17, 15) is 4.79 Å². The fourth-order valence-electron chi connectivity index (χ4n) is 3.96. The lowest BCUT2D eigenvalue weighted by Gasteiger charge is -2.06. The number of hydrogen-bond acceptors (Lipinski definition) is 4. The average molecular weight is 480 g/mol. The molecule has 0 fully saturated rings. The van der Waals surface area contributed by atoms with Crippen LogP contribution in [0.15, 0.2) is 54.7 Å². The Bertz CT molecular complexity index is 827. The van der Waals surface area contributed by atoms with Crippen LogP contribution < -0.4 is 4.74 Å². The average Bonchev–Trinajstić information content (AvgIpc) is 2.88. The first kappa shape index (κ1) is 28.8. The molecule has 4 nitrogen and oxygen atoms in total. The van der Waals surface area contributed by atoms with E-state index in [4.69, 9.17) is 9.47 Å². The summed E-state index contributed by atoms with van der Waals surface area (Å²) in [7, 11) is 0. The second kappa shape index (κ2) is 18.8. The van der Waals surface area contributed by atoms with Crippen LogP contribution in [0.5, 0.6) is 5.75 Å². The number of esters is 1. The number of aryl methyl sites for hydroxylation is 1. The lowest BCUT2D eigenvalue weighted by Crippen LogP contribution is -2.04. The second-order valence-electron chi connectivity index (χ2n) is 9.23. The van der Waals surface area contributed by atoms with Crippen LogP contribution in [0.2, 0.25) is 0 Å². The number of aromatic nitrogens is 1. The summed E-state index contributed by atoms with van der Waals surface area (Å²) in [5, 5.41) is 0. The van der Waals surface area contributed by atoms with Crippen LogP contribution in [0.1, 0.15) is 96.5 Å². The molecule has 1 aromatic heterocycles. The van der Waals surface area contributed by atoms with Crippen molar-refractivity contribution in [2.24, 2.45) is 0 Å². The Morgan fingerprint density at radius 2 is 1.54 bits per heavy atom. The van der Waals surface area contributed by atoms with Crippen molar-refractivity contribution >= 4 is 5.97 Å². The zero-order valence-corrected chi connectivity index (χ0v) is 22.0. The molecule has 0 aliphatic rings. The van der Waals surface area contributed by atoms with Gasteiger partial charge >= 0.3 is 5.97 Å². The van der Waals surface area contributed by atoms with Gasteiger partial charge in [-0.25, -0.2) is 4.79 Å². The third-order valence-electron chi connectivity index (χ3n) is 6.04. The van der Waals surface area contributed by atoms with Gasteiger partial charge in [0, 0.05) is 24.9 Å². The van der Waals surface area contributed by atoms with Gasteiger partial charge in [0.25, 0.3) is 0 Å². The number of carbonyl (C=O) groups excluding carboxylic acids is 1. The number of nitrogens with zero attached hydrogens (tertiary/aromatic N) is 1. The van der Waals surface area contributed by atoms with Gasteiger partial charge in [-0.05, 0) is 56.2 Å². The fourth-order valence-corrected chi connectivity index (χ4v) is 3.96. The molecule has 192 valence electrons. The lowest BCUT2D eigenvalue weighted by molar-refractivity contribution is -0.129. The fraction of sp³-hybridized carbons (Fsp3) is 0.548. The molecule has 0 bridgehead atoms. The molecule has 0 unspecified atom stereocenters. The van der Waals surface area contributed by atoms with E-state index in [-0.39, 0.29) is 5.97 Å². The number of ether oxygens (including phenoxy) is 2. The van der Waals surface area contributed by atoms with Crippen LogP contribution in [-0.4, -0.2) is 24.2 Å². The standard InChI is InChI=1S/C31H45NO3/c1-3-5-6-7-8-9-10-11-14-17-31(33)35-29-22-23-30(32-26-29)28-20-18-27(19-21-28)16-13-12-15-25-34-24-4-2/h14,17-23,26H,3-13,15-16,24-25H2,1-2H3/b17-14+. The predicted molar refractivity (Wildman–Crippen MR) is 146 cm³/mol. The highest BCUT2D eigenvalue weighted by molar-refractivity contribution is 5.84.